The van der Waals surface area contributed by atoms with Crippen LogP contribution in [0, 0.1) is 11.3 Å². The molecule has 0 unspecified atom stereocenters. The number of aliphatic hydroxyl groups is 2. The fraction of sp³-hybridized carbons (Fsp3) is 1.00. The van der Waals surface area contributed by atoms with E-state index < -0.39 is 6.10 Å². The first-order valence-corrected chi connectivity index (χ1v) is 3.68. The summed E-state index contributed by atoms with van der Waals surface area (Å²) in [5.74, 6) is -0.0278. The van der Waals surface area contributed by atoms with E-state index in [1.165, 1.54) is 0 Å². The molecule has 0 aromatic heterocycles. The van der Waals surface area contributed by atoms with Crippen LogP contribution < -0.4 is 0 Å². The maximum absolute atomic E-state index is 9.49. The summed E-state index contributed by atoms with van der Waals surface area (Å²) < 4.78 is 0. The predicted molar refractivity (Wildman–Crippen MR) is 41.7 cm³/mol. The quantitative estimate of drug-likeness (QED) is 0.610. The second-order valence-electron chi connectivity index (χ2n) is 3.97. The molecule has 0 amide bonds. The molecule has 0 spiro atoms. The lowest BCUT2D eigenvalue weighted by molar-refractivity contribution is -0.00245. The molecule has 2 atom stereocenters. The summed E-state index contributed by atoms with van der Waals surface area (Å²) in [5, 5.41) is 18.2. The zero-order chi connectivity index (χ0) is 8.36. The molecular weight excluding hydrogens is 128 g/mol. The fourth-order valence-electron chi connectivity index (χ4n) is 0.953. The molecule has 0 rings (SSSR count). The van der Waals surface area contributed by atoms with Gasteiger partial charge in [-0.15, -0.1) is 0 Å². The third-order valence-corrected chi connectivity index (χ3v) is 1.71. The topological polar surface area (TPSA) is 40.5 Å². The van der Waals surface area contributed by atoms with Crippen LogP contribution in [0.5, 0.6) is 0 Å². The van der Waals surface area contributed by atoms with Gasteiger partial charge in [-0.05, 0) is 5.41 Å². The van der Waals surface area contributed by atoms with Crippen molar-refractivity contribution in [2.45, 2.75) is 33.8 Å². The average molecular weight is 146 g/mol. The highest BCUT2D eigenvalue weighted by Gasteiger charge is 2.26. The van der Waals surface area contributed by atoms with Crippen LogP contribution in [0.3, 0.4) is 0 Å². The van der Waals surface area contributed by atoms with Gasteiger partial charge in [-0.3, -0.25) is 0 Å². The lowest BCUT2D eigenvalue weighted by Crippen LogP contribution is -2.33. The van der Waals surface area contributed by atoms with Crippen molar-refractivity contribution in [1.29, 1.82) is 0 Å². The van der Waals surface area contributed by atoms with E-state index >= 15 is 0 Å². The summed E-state index contributed by atoms with van der Waals surface area (Å²) >= 11 is 0. The van der Waals surface area contributed by atoms with Gasteiger partial charge in [0.2, 0.25) is 0 Å². The molecule has 62 valence electrons. The second-order valence-corrected chi connectivity index (χ2v) is 3.97. The number of hydrogen-bond donors (Lipinski definition) is 2. The number of hydrogen-bond acceptors (Lipinski definition) is 2. The van der Waals surface area contributed by atoms with Crippen molar-refractivity contribution in [3.05, 3.63) is 0 Å². The molecule has 0 saturated heterocycles. The minimum absolute atomic E-state index is 0.0278. The Kier molecular flexibility index (Phi) is 3.33. The molecule has 0 aromatic rings. The van der Waals surface area contributed by atoms with Crippen LogP contribution in [0.2, 0.25) is 0 Å². The minimum Gasteiger partial charge on any atom is -0.396 e. The second kappa shape index (κ2) is 3.35. The van der Waals surface area contributed by atoms with Crippen LogP contribution in [-0.4, -0.2) is 22.9 Å². The normalized spacial score (nSPS) is 18.6. The first kappa shape index (κ1) is 9.92. The van der Waals surface area contributed by atoms with Gasteiger partial charge >= 0.3 is 0 Å². The van der Waals surface area contributed by atoms with E-state index in [0.717, 1.165) is 0 Å². The highest BCUT2D eigenvalue weighted by Crippen LogP contribution is 2.24. The summed E-state index contributed by atoms with van der Waals surface area (Å²) in [6.45, 7) is 7.78. The molecule has 0 aliphatic rings. The Hall–Kier alpha value is -0.0800. The lowest BCUT2D eigenvalue weighted by Gasteiger charge is -2.29. The predicted octanol–water partition coefficient (Wildman–Crippen LogP) is 1.02. The van der Waals surface area contributed by atoms with Gasteiger partial charge in [0.05, 0.1) is 6.10 Å². The van der Waals surface area contributed by atoms with Crippen LogP contribution in [0.25, 0.3) is 0 Å². The molecule has 0 bridgehead atoms. The zero-order valence-corrected chi connectivity index (χ0v) is 7.26. The molecule has 0 radical (unpaired) electrons. The van der Waals surface area contributed by atoms with Crippen LogP contribution in [0.15, 0.2) is 0 Å². The molecule has 2 nitrogen and oxygen atoms in total. The highest BCUT2D eigenvalue weighted by molar-refractivity contribution is 4.76. The van der Waals surface area contributed by atoms with Crippen molar-refractivity contribution >= 4 is 0 Å². The summed E-state index contributed by atoms with van der Waals surface area (Å²) in [5.41, 5.74) is -0.123. The van der Waals surface area contributed by atoms with Crippen molar-refractivity contribution in [3.8, 4) is 0 Å². The average Bonchev–Trinajstić information content (AvgIpc) is 1.83. The maximum atomic E-state index is 9.49. The van der Waals surface area contributed by atoms with Gasteiger partial charge in [0.15, 0.2) is 0 Å². The first-order valence-electron chi connectivity index (χ1n) is 3.68. The molecule has 0 aliphatic carbocycles. The van der Waals surface area contributed by atoms with Crippen LogP contribution >= 0.6 is 0 Å². The third kappa shape index (κ3) is 2.67. The summed E-state index contributed by atoms with van der Waals surface area (Å²) in [7, 11) is 0. The summed E-state index contributed by atoms with van der Waals surface area (Å²) in [6.07, 6.45) is -0.419. The molecule has 0 aromatic carbocycles. The van der Waals surface area contributed by atoms with Crippen LogP contribution in [0.1, 0.15) is 27.7 Å². The standard InChI is InChI=1S/C8H18O2/c1-6(5-9)7(10)8(2,3)4/h6-7,9-10H,5H2,1-4H3/t6-,7-/m0/s1. The molecule has 0 aliphatic heterocycles. The van der Waals surface area contributed by atoms with Crippen molar-refractivity contribution in [2.75, 3.05) is 6.61 Å². The van der Waals surface area contributed by atoms with Gasteiger partial charge in [0, 0.05) is 12.5 Å². The van der Waals surface area contributed by atoms with Crippen molar-refractivity contribution in [1.82, 2.24) is 0 Å². The van der Waals surface area contributed by atoms with Gasteiger partial charge < -0.3 is 10.2 Å². The smallest absolute Gasteiger partial charge is 0.0635 e. The van der Waals surface area contributed by atoms with Crippen molar-refractivity contribution in [3.63, 3.8) is 0 Å². The Morgan fingerprint density at radius 3 is 1.80 bits per heavy atom. The zero-order valence-electron chi connectivity index (χ0n) is 7.26. The SMILES string of the molecule is C[C@@H](CO)[C@H](O)C(C)(C)C. The Morgan fingerprint density at radius 2 is 1.70 bits per heavy atom. The number of aliphatic hydroxyl groups excluding tert-OH is 2. The van der Waals surface area contributed by atoms with Gasteiger partial charge in [-0.2, -0.15) is 0 Å². The van der Waals surface area contributed by atoms with E-state index in [9.17, 15) is 5.11 Å². The summed E-state index contributed by atoms with van der Waals surface area (Å²) in [6, 6.07) is 0. The van der Waals surface area contributed by atoms with E-state index in [1.54, 1.807) is 0 Å². The van der Waals surface area contributed by atoms with Crippen molar-refractivity contribution in [2.24, 2.45) is 11.3 Å². The van der Waals surface area contributed by atoms with Crippen LogP contribution in [0.4, 0.5) is 0 Å². The van der Waals surface area contributed by atoms with Crippen LogP contribution in [-0.2, 0) is 0 Å². The van der Waals surface area contributed by atoms with E-state index in [4.69, 9.17) is 5.11 Å². The molecule has 0 fully saturated rings. The molecular formula is C8H18O2. The molecule has 2 N–H and O–H groups in total. The number of rotatable bonds is 2. The molecule has 0 saturated carbocycles. The van der Waals surface area contributed by atoms with Crippen molar-refractivity contribution < 1.29 is 10.2 Å². The lowest BCUT2D eigenvalue weighted by atomic mass is 9.82. The largest absolute Gasteiger partial charge is 0.396 e. The van der Waals surface area contributed by atoms with Gasteiger partial charge in [0.1, 0.15) is 0 Å². The molecule has 2 heteroatoms. The van der Waals surface area contributed by atoms with E-state index in [-0.39, 0.29) is 17.9 Å². The maximum Gasteiger partial charge on any atom is 0.0635 e. The first-order chi connectivity index (χ1) is 4.39. The third-order valence-electron chi connectivity index (χ3n) is 1.71. The highest BCUT2D eigenvalue weighted by atomic mass is 16.3. The van der Waals surface area contributed by atoms with Gasteiger partial charge in [0.25, 0.3) is 0 Å². The van der Waals surface area contributed by atoms with E-state index in [1.807, 2.05) is 27.7 Å². The molecule has 10 heavy (non-hydrogen) atoms. The Balaban J connectivity index is 3.94. The fourth-order valence-corrected chi connectivity index (χ4v) is 0.953. The monoisotopic (exact) mass is 146 g/mol. The summed E-state index contributed by atoms with van der Waals surface area (Å²) in [4.78, 5) is 0. The Bertz CT molecular complexity index is 93.9. The van der Waals surface area contributed by atoms with E-state index in [2.05, 4.69) is 0 Å². The van der Waals surface area contributed by atoms with E-state index in [0.29, 0.717) is 0 Å². The Morgan fingerprint density at radius 1 is 1.30 bits per heavy atom. The minimum atomic E-state index is -0.419. The van der Waals surface area contributed by atoms with Gasteiger partial charge in [-0.1, -0.05) is 27.7 Å². The molecule has 0 heterocycles. The van der Waals surface area contributed by atoms with Gasteiger partial charge in [-0.25, -0.2) is 0 Å². The Labute approximate surface area is 62.9 Å².